The fourth-order valence-electron chi connectivity index (χ4n) is 3.89. The molecule has 0 spiro atoms. The van der Waals surface area contributed by atoms with Crippen LogP contribution in [0.3, 0.4) is 0 Å². The molecule has 2 heterocycles. The maximum atomic E-state index is 3.78. The molecule has 4 heteroatoms. The normalized spacial score (nSPS) is 21.0. The van der Waals surface area contributed by atoms with Gasteiger partial charge in [0, 0.05) is 44.6 Å². The Morgan fingerprint density at radius 2 is 1.12 bits per heavy atom. The number of pyridine rings is 1. The minimum absolute atomic E-state index is 0. The van der Waals surface area contributed by atoms with Crippen molar-refractivity contribution in [3.05, 3.63) is 57.1 Å². The first-order valence-electron chi connectivity index (χ1n) is 9.37. The third-order valence-corrected chi connectivity index (χ3v) is 5.24. The van der Waals surface area contributed by atoms with Crippen molar-refractivity contribution in [1.82, 2.24) is 14.8 Å². The van der Waals surface area contributed by atoms with Crippen molar-refractivity contribution >= 4 is 0 Å². The van der Waals surface area contributed by atoms with E-state index in [1.54, 1.807) is 12.4 Å². The number of hydrogen-bond acceptors (Lipinski definition) is 3. The molecular weight excluding hydrogens is 486 g/mol. The molecule has 0 aromatic carbocycles. The zero-order chi connectivity index (χ0) is 15.7. The van der Waals surface area contributed by atoms with Gasteiger partial charge in [0.25, 0.3) is 0 Å². The van der Waals surface area contributed by atoms with E-state index in [1.807, 2.05) is 18.2 Å². The van der Waals surface area contributed by atoms with Gasteiger partial charge in [-0.3, -0.25) is 4.98 Å². The maximum absolute atomic E-state index is 3.78. The van der Waals surface area contributed by atoms with E-state index in [4.69, 9.17) is 0 Å². The average molecular weight is 520 g/mol. The zero-order valence-corrected chi connectivity index (χ0v) is 17.9. The van der Waals surface area contributed by atoms with E-state index in [2.05, 4.69) is 33.9 Å². The molecule has 2 saturated carbocycles. The van der Waals surface area contributed by atoms with Gasteiger partial charge >= 0.3 is 0 Å². The van der Waals surface area contributed by atoms with Crippen LogP contribution in [0.1, 0.15) is 64.2 Å². The Kier molecular flexibility index (Phi) is 11.1. The molecule has 0 atom stereocenters. The van der Waals surface area contributed by atoms with E-state index >= 15 is 0 Å². The molecule has 1 radical (unpaired) electrons. The van der Waals surface area contributed by atoms with E-state index < -0.39 is 0 Å². The number of rotatable bonds is 2. The Balaban J connectivity index is 0.000000336. The summed E-state index contributed by atoms with van der Waals surface area (Å²) in [6.07, 6.45) is 22.3. The second-order valence-corrected chi connectivity index (χ2v) is 6.92. The second-order valence-electron chi connectivity index (χ2n) is 6.92. The van der Waals surface area contributed by atoms with Crippen LogP contribution in [-0.2, 0) is 20.1 Å². The molecule has 1 aromatic rings. The summed E-state index contributed by atoms with van der Waals surface area (Å²) in [6.45, 7) is 2.38. The van der Waals surface area contributed by atoms with Gasteiger partial charge in [0.05, 0.1) is 0 Å². The maximum Gasteiger partial charge on any atom is 0.0267 e. The Morgan fingerprint density at radius 1 is 0.680 bits per heavy atom. The average Bonchev–Trinajstić information content (AvgIpc) is 3.15. The van der Waals surface area contributed by atoms with Crippen molar-refractivity contribution in [1.29, 1.82) is 0 Å². The van der Waals surface area contributed by atoms with Crippen molar-refractivity contribution in [3.8, 4) is 0 Å². The zero-order valence-electron chi connectivity index (χ0n) is 15.5. The van der Waals surface area contributed by atoms with Crippen LogP contribution in [0.4, 0.5) is 0 Å². The van der Waals surface area contributed by atoms with Gasteiger partial charge < -0.3 is 17.2 Å². The molecule has 3 nitrogen and oxygen atoms in total. The number of nitrogens with zero attached hydrogens (tertiary/aromatic N) is 3. The van der Waals surface area contributed by atoms with Crippen molar-refractivity contribution in [2.75, 3.05) is 0 Å². The molecule has 0 saturated heterocycles. The molecule has 0 bridgehead atoms. The molecule has 0 unspecified atom stereocenters. The predicted octanol–water partition coefficient (Wildman–Crippen LogP) is 5.39. The minimum atomic E-state index is 0. The Morgan fingerprint density at radius 3 is 1.44 bits per heavy atom. The molecule has 1 aliphatic heterocycles. The largest absolute Gasteiger partial charge is 0.506 e. The van der Waals surface area contributed by atoms with Crippen LogP contribution in [0.2, 0.25) is 0 Å². The van der Waals surface area contributed by atoms with Crippen molar-refractivity contribution < 1.29 is 20.1 Å². The summed E-state index contributed by atoms with van der Waals surface area (Å²) in [4.78, 5) is 8.74. The second kappa shape index (κ2) is 12.5. The van der Waals surface area contributed by atoms with E-state index in [0.717, 1.165) is 12.1 Å². The monoisotopic (exact) mass is 520 g/mol. The van der Waals surface area contributed by atoms with Crippen LogP contribution < -0.4 is 0 Å². The summed E-state index contributed by atoms with van der Waals surface area (Å²) in [6, 6.07) is 7.29. The molecule has 0 N–H and O–H groups in total. The van der Waals surface area contributed by atoms with Gasteiger partial charge in [-0.15, -0.1) is 0 Å². The van der Waals surface area contributed by atoms with Crippen molar-refractivity contribution in [3.63, 3.8) is 0 Å². The van der Waals surface area contributed by atoms with Crippen molar-refractivity contribution in [2.45, 2.75) is 76.3 Å². The fraction of sp³-hybridized carbons (Fsp3) is 0.571. The predicted molar refractivity (Wildman–Crippen MR) is 102 cm³/mol. The first-order chi connectivity index (χ1) is 11.4. The summed E-state index contributed by atoms with van der Waals surface area (Å²) in [5.74, 6) is 0. The Hall–Kier alpha value is -0.861. The molecular formula is C21H33IrN3-2. The quantitative estimate of drug-likeness (QED) is 0.489. The standard InChI is InChI=1S/C15H25N2.C5H5N.CH3.Ir/c1-3-7-14(8-4-1)16-11-12-17(13-16)15-9-5-2-6-10-15;1-2-4-6-5-3-1;;/h11-15H,1-10H2;1-5H;1H3;/q-1;;-1;. The fourth-order valence-corrected chi connectivity index (χ4v) is 3.89. The van der Waals surface area contributed by atoms with Gasteiger partial charge in [-0.1, -0.05) is 44.6 Å². The summed E-state index contributed by atoms with van der Waals surface area (Å²) in [5.41, 5.74) is 0. The van der Waals surface area contributed by atoms with Gasteiger partial charge in [0.2, 0.25) is 0 Å². The summed E-state index contributed by atoms with van der Waals surface area (Å²) in [5, 5.41) is 0. The first-order valence-corrected chi connectivity index (χ1v) is 9.37. The third-order valence-electron chi connectivity index (χ3n) is 5.24. The molecule has 0 amide bonds. The molecule has 143 valence electrons. The van der Waals surface area contributed by atoms with Crippen LogP contribution in [0.25, 0.3) is 0 Å². The molecule has 2 aliphatic carbocycles. The first kappa shape index (κ1) is 22.2. The topological polar surface area (TPSA) is 19.4 Å². The molecule has 1 aromatic heterocycles. The molecule has 2 fully saturated rings. The Bertz CT molecular complexity index is 401. The van der Waals surface area contributed by atoms with Crippen molar-refractivity contribution in [2.24, 2.45) is 0 Å². The van der Waals surface area contributed by atoms with Gasteiger partial charge in [-0.05, 0) is 50.2 Å². The Labute approximate surface area is 168 Å². The van der Waals surface area contributed by atoms with Gasteiger partial charge in [0.1, 0.15) is 0 Å². The SMILES string of the molecule is C1=CN(C2CCCCC2)[CH-]N1C1CCCCC1.[CH3-].[Ir].c1ccncc1. The smallest absolute Gasteiger partial charge is 0.0267 e. The van der Waals surface area contributed by atoms with Crippen LogP contribution in [0.5, 0.6) is 0 Å². The van der Waals surface area contributed by atoms with Gasteiger partial charge in [-0.2, -0.15) is 6.67 Å². The van der Waals surface area contributed by atoms with Gasteiger partial charge in [0.15, 0.2) is 0 Å². The minimum Gasteiger partial charge on any atom is -0.506 e. The van der Waals surface area contributed by atoms with Gasteiger partial charge in [-0.25, -0.2) is 0 Å². The van der Waals surface area contributed by atoms with Crippen LogP contribution >= 0.6 is 0 Å². The number of hydrogen-bond donors (Lipinski definition) is 0. The number of aromatic nitrogens is 1. The van der Waals surface area contributed by atoms with Crippen LogP contribution in [0, 0.1) is 14.1 Å². The van der Waals surface area contributed by atoms with E-state index in [1.165, 1.54) is 64.2 Å². The molecule has 3 aliphatic rings. The summed E-state index contributed by atoms with van der Waals surface area (Å²) < 4.78 is 0. The van der Waals surface area contributed by atoms with E-state index in [-0.39, 0.29) is 27.5 Å². The molecule has 4 rings (SSSR count). The van der Waals surface area contributed by atoms with E-state index in [9.17, 15) is 0 Å². The third kappa shape index (κ3) is 7.11. The summed E-state index contributed by atoms with van der Waals surface area (Å²) >= 11 is 0. The van der Waals surface area contributed by atoms with Crippen LogP contribution in [0.15, 0.2) is 43.0 Å². The van der Waals surface area contributed by atoms with Crippen LogP contribution in [-0.4, -0.2) is 26.9 Å². The summed E-state index contributed by atoms with van der Waals surface area (Å²) in [7, 11) is 0. The molecule has 25 heavy (non-hydrogen) atoms. The van der Waals surface area contributed by atoms with E-state index in [0.29, 0.717) is 0 Å².